The zero-order valence-corrected chi connectivity index (χ0v) is 15.7. The molecule has 1 heterocycles. The zero-order valence-electron chi connectivity index (χ0n) is 15.0. The molecular weight excluding hydrogens is 350 g/mol. The number of nitrogens with zero attached hydrogens (tertiary/aromatic N) is 2. The number of nitrogens with one attached hydrogen (secondary N) is 1. The number of para-hydroxylation sites is 1. The molecule has 0 saturated carbocycles. The van der Waals surface area contributed by atoms with Crippen LogP contribution in [0.5, 0.6) is 0 Å². The molecular formula is C20H20ClN3O2. The molecule has 1 aromatic heterocycles. The maximum atomic E-state index is 12.6. The van der Waals surface area contributed by atoms with E-state index in [1.807, 2.05) is 26.0 Å². The van der Waals surface area contributed by atoms with Gasteiger partial charge in [0.25, 0.3) is 5.56 Å². The number of hydrogen-bond donors (Lipinski definition) is 1. The number of carbonyl (C=O) groups excluding carboxylic acids is 1. The van der Waals surface area contributed by atoms with E-state index in [2.05, 4.69) is 10.3 Å². The van der Waals surface area contributed by atoms with Crippen molar-refractivity contribution >= 4 is 34.2 Å². The maximum Gasteiger partial charge on any atom is 0.272 e. The number of aromatic nitrogens is 2. The average molecular weight is 370 g/mol. The van der Waals surface area contributed by atoms with Gasteiger partial charge in [-0.2, -0.15) is 0 Å². The molecule has 1 N–H and O–H groups in total. The van der Waals surface area contributed by atoms with Gasteiger partial charge in [0, 0.05) is 13.0 Å². The van der Waals surface area contributed by atoms with Gasteiger partial charge in [-0.25, -0.2) is 4.98 Å². The van der Waals surface area contributed by atoms with Crippen molar-refractivity contribution in [1.29, 1.82) is 0 Å². The lowest BCUT2D eigenvalue weighted by Crippen LogP contribution is -2.26. The molecule has 0 aliphatic rings. The number of carbonyl (C=O) groups is 1. The molecule has 0 aliphatic heterocycles. The lowest BCUT2D eigenvalue weighted by Gasteiger charge is -2.13. The third-order valence-corrected chi connectivity index (χ3v) is 4.76. The van der Waals surface area contributed by atoms with E-state index < -0.39 is 0 Å². The summed E-state index contributed by atoms with van der Waals surface area (Å²) in [6.07, 6.45) is 0.163. The molecule has 0 saturated heterocycles. The van der Waals surface area contributed by atoms with Crippen LogP contribution in [0.3, 0.4) is 0 Å². The van der Waals surface area contributed by atoms with Crippen LogP contribution < -0.4 is 10.9 Å². The van der Waals surface area contributed by atoms with Gasteiger partial charge in [0.05, 0.1) is 21.7 Å². The maximum absolute atomic E-state index is 12.6. The predicted molar refractivity (Wildman–Crippen MR) is 105 cm³/mol. The quantitative estimate of drug-likeness (QED) is 0.755. The first-order chi connectivity index (χ1) is 12.4. The highest BCUT2D eigenvalue weighted by Gasteiger charge is 2.12. The largest absolute Gasteiger partial charge is 0.325 e. The molecule has 0 bridgehead atoms. The molecule has 6 heteroatoms. The number of amides is 1. The fraction of sp³-hybridized carbons (Fsp3) is 0.250. The van der Waals surface area contributed by atoms with E-state index in [9.17, 15) is 9.59 Å². The van der Waals surface area contributed by atoms with Crippen molar-refractivity contribution < 1.29 is 4.79 Å². The second kappa shape index (κ2) is 7.30. The van der Waals surface area contributed by atoms with Crippen LogP contribution in [0.25, 0.3) is 11.0 Å². The number of anilines is 1. The highest BCUT2D eigenvalue weighted by Crippen LogP contribution is 2.21. The van der Waals surface area contributed by atoms with Crippen LogP contribution in [-0.2, 0) is 11.3 Å². The van der Waals surface area contributed by atoms with Crippen molar-refractivity contribution in [1.82, 2.24) is 9.55 Å². The standard InChI is InChI=1S/C20H20ClN3O2/c1-12-10-17-18(11-13(12)2)24(20(26)14(3)22-17)9-8-19(25)23-16-7-5-4-6-15(16)21/h4-7,10-11H,8-9H2,1-3H3,(H,23,25). The molecule has 26 heavy (non-hydrogen) atoms. The van der Waals surface area contributed by atoms with E-state index in [0.717, 1.165) is 22.2 Å². The lowest BCUT2D eigenvalue weighted by molar-refractivity contribution is -0.116. The van der Waals surface area contributed by atoms with Crippen molar-refractivity contribution in [2.24, 2.45) is 0 Å². The van der Waals surface area contributed by atoms with Crippen LogP contribution in [-0.4, -0.2) is 15.5 Å². The van der Waals surface area contributed by atoms with Gasteiger partial charge in [0.15, 0.2) is 0 Å². The van der Waals surface area contributed by atoms with Crippen LogP contribution in [0, 0.1) is 20.8 Å². The second-order valence-corrected chi connectivity index (χ2v) is 6.76. The first kappa shape index (κ1) is 18.1. The third kappa shape index (κ3) is 3.63. The van der Waals surface area contributed by atoms with Gasteiger partial charge in [-0.3, -0.25) is 9.59 Å². The molecule has 0 spiro atoms. The number of aryl methyl sites for hydroxylation is 4. The number of hydrogen-bond acceptors (Lipinski definition) is 3. The van der Waals surface area contributed by atoms with E-state index in [1.165, 1.54) is 0 Å². The Bertz CT molecular complexity index is 1060. The molecule has 3 aromatic rings. The van der Waals surface area contributed by atoms with Crippen LogP contribution in [0.4, 0.5) is 5.69 Å². The summed E-state index contributed by atoms with van der Waals surface area (Å²) in [5.74, 6) is -0.198. The van der Waals surface area contributed by atoms with Gasteiger partial charge in [-0.05, 0) is 56.2 Å². The monoisotopic (exact) mass is 369 g/mol. The Hall–Kier alpha value is -2.66. The Morgan fingerprint density at radius 1 is 1.15 bits per heavy atom. The molecule has 0 fully saturated rings. The normalized spacial score (nSPS) is 10.9. The van der Waals surface area contributed by atoms with E-state index in [0.29, 0.717) is 16.4 Å². The minimum Gasteiger partial charge on any atom is -0.325 e. The summed E-state index contributed by atoms with van der Waals surface area (Å²) in [6.45, 7) is 5.97. The fourth-order valence-electron chi connectivity index (χ4n) is 2.84. The zero-order chi connectivity index (χ0) is 18.8. The van der Waals surface area contributed by atoms with Crippen LogP contribution >= 0.6 is 11.6 Å². The average Bonchev–Trinajstić information content (AvgIpc) is 2.59. The summed E-state index contributed by atoms with van der Waals surface area (Å²) >= 11 is 6.06. The summed E-state index contributed by atoms with van der Waals surface area (Å²) in [5.41, 5.74) is 4.51. The van der Waals surface area contributed by atoms with Gasteiger partial charge in [-0.1, -0.05) is 23.7 Å². The fourth-order valence-corrected chi connectivity index (χ4v) is 3.02. The summed E-state index contributed by atoms with van der Waals surface area (Å²) in [4.78, 5) is 29.2. The minimum absolute atomic E-state index is 0.163. The third-order valence-electron chi connectivity index (χ3n) is 4.43. The number of fused-ring (bicyclic) bond motifs is 1. The summed E-state index contributed by atoms with van der Waals surface area (Å²) in [7, 11) is 0. The molecule has 0 unspecified atom stereocenters. The minimum atomic E-state index is -0.198. The topological polar surface area (TPSA) is 64.0 Å². The van der Waals surface area contributed by atoms with E-state index in [-0.39, 0.29) is 24.4 Å². The summed E-state index contributed by atoms with van der Waals surface area (Å²) in [6, 6.07) is 11.0. The Morgan fingerprint density at radius 3 is 2.58 bits per heavy atom. The number of benzene rings is 2. The van der Waals surface area contributed by atoms with E-state index >= 15 is 0 Å². The van der Waals surface area contributed by atoms with E-state index in [1.54, 1.807) is 35.8 Å². The van der Waals surface area contributed by atoms with Crippen molar-refractivity contribution in [2.45, 2.75) is 33.7 Å². The summed E-state index contributed by atoms with van der Waals surface area (Å²) < 4.78 is 1.62. The Kier molecular flexibility index (Phi) is 5.09. The number of rotatable bonds is 4. The van der Waals surface area contributed by atoms with Crippen molar-refractivity contribution in [2.75, 3.05) is 5.32 Å². The Morgan fingerprint density at radius 2 is 1.85 bits per heavy atom. The van der Waals surface area contributed by atoms with Crippen molar-refractivity contribution in [3.05, 3.63) is 68.6 Å². The molecule has 0 atom stereocenters. The SMILES string of the molecule is Cc1cc2nc(C)c(=O)n(CCC(=O)Nc3ccccc3Cl)c2cc1C. The highest BCUT2D eigenvalue weighted by molar-refractivity contribution is 6.33. The smallest absolute Gasteiger partial charge is 0.272 e. The van der Waals surface area contributed by atoms with Crippen molar-refractivity contribution in [3.8, 4) is 0 Å². The molecule has 5 nitrogen and oxygen atoms in total. The first-order valence-electron chi connectivity index (χ1n) is 8.39. The Labute approximate surface area is 156 Å². The van der Waals surface area contributed by atoms with Crippen LogP contribution in [0.15, 0.2) is 41.2 Å². The van der Waals surface area contributed by atoms with Crippen LogP contribution in [0.2, 0.25) is 5.02 Å². The van der Waals surface area contributed by atoms with Crippen molar-refractivity contribution in [3.63, 3.8) is 0 Å². The van der Waals surface area contributed by atoms with Gasteiger partial charge < -0.3 is 9.88 Å². The van der Waals surface area contributed by atoms with Gasteiger partial charge >= 0.3 is 0 Å². The number of halogens is 1. The second-order valence-electron chi connectivity index (χ2n) is 6.36. The molecule has 134 valence electrons. The van der Waals surface area contributed by atoms with Gasteiger partial charge in [0.2, 0.25) is 5.91 Å². The molecule has 3 rings (SSSR count). The van der Waals surface area contributed by atoms with Gasteiger partial charge in [-0.15, -0.1) is 0 Å². The Balaban J connectivity index is 1.87. The van der Waals surface area contributed by atoms with E-state index in [4.69, 9.17) is 11.6 Å². The van der Waals surface area contributed by atoms with Crippen LogP contribution in [0.1, 0.15) is 23.2 Å². The first-order valence-corrected chi connectivity index (χ1v) is 8.77. The molecule has 1 amide bonds. The highest BCUT2D eigenvalue weighted by atomic mass is 35.5. The van der Waals surface area contributed by atoms with Gasteiger partial charge in [0.1, 0.15) is 5.69 Å². The molecule has 2 aromatic carbocycles. The lowest BCUT2D eigenvalue weighted by atomic mass is 10.1. The molecule has 0 radical (unpaired) electrons. The summed E-state index contributed by atoms with van der Waals surface area (Å²) in [5, 5.41) is 3.26. The predicted octanol–water partition coefficient (Wildman–Crippen LogP) is 4.00. The molecule has 0 aliphatic carbocycles.